The van der Waals surface area contributed by atoms with Gasteiger partial charge in [-0.1, -0.05) is 86.5 Å². The van der Waals surface area contributed by atoms with Gasteiger partial charge in [0.25, 0.3) is 0 Å². The van der Waals surface area contributed by atoms with E-state index >= 15 is 0 Å². The maximum absolute atomic E-state index is 6.11. The van der Waals surface area contributed by atoms with E-state index in [0.29, 0.717) is 5.92 Å². The Hall–Kier alpha value is -4.31. The molecule has 4 aromatic carbocycles. The summed E-state index contributed by atoms with van der Waals surface area (Å²) < 4.78 is 8.50. The van der Waals surface area contributed by atoms with Gasteiger partial charge in [-0.3, -0.25) is 4.98 Å². The molecule has 1 saturated carbocycles. The normalized spacial score (nSPS) is 15.3. The van der Waals surface area contributed by atoms with Crippen LogP contribution in [0.15, 0.2) is 102 Å². The number of benzene rings is 4. The van der Waals surface area contributed by atoms with Crippen LogP contribution in [0.2, 0.25) is 0 Å². The van der Waals surface area contributed by atoms with E-state index in [0.717, 1.165) is 56.5 Å². The fourth-order valence-corrected chi connectivity index (χ4v) is 7.74. The van der Waals surface area contributed by atoms with Crippen LogP contribution in [0.1, 0.15) is 82.9 Å². The molecule has 9 rings (SSSR count). The third-order valence-corrected chi connectivity index (χ3v) is 9.98. The Balaban J connectivity index is 0.000000154. The summed E-state index contributed by atoms with van der Waals surface area (Å²) in [7, 11) is 0. The van der Waals surface area contributed by atoms with Crippen LogP contribution in [-0.4, -0.2) is 14.5 Å². The summed E-state index contributed by atoms with van der Waals surface area (Å²) in [6, 6.07) is 36.0. The van der Waals surface area contributed by atoms with E-state index in [1.165, 1.54) is 47.9 Å². The number of nitrogens with zero attached hydrogens (tertiary/aromatic N) is 3. The zero-order valence-corrected chi connectivity index (χ0v) is 31.9. The molecule has 0 unspecified atom stereocenters. The number of para-hydroxylation sites is 1. The molecule has 0 N–H and O–H groups in total. The number of fused-ring (bicyclic) bond motifs is 3. The molecule has 2 aliphatic rings. The molecule has 0 atom stereocenters. The molecule has 0 amide bonds. The average molecular weight is 834 g/mol. The summed E-state index contributed by atoms with van der Waals surface area (Å²) in [4.78, 5) is 9.64. The van der Waals surface area contributed by atoms with Crippen LogP contribution in [0.5, 0.6) is 0 Å². The number of imidazole rings is 1. The van der Waals surface area contributed by atoms with Crippen LogP contribution in [0, 0.1) is 17.5 Å². The molecule has 5 heteroatoms. The first-order chi connectivity index (χ1) is 23.6. The molecule has 0 saturated heterocycles. The monoisotopic (exact) mass is 834 g/mol. The minimum absolute atomic E-state index is 0. The third-order valence-electron chi connectivity index (χ3n) is 9.98. The second kappa shape index (κ2) is 13.4. The fraction of sp³-hybridized carbons (Fsp3) is 0.289. The molecule has 255 valence electrons. The van der Waals surface area contributed by atoms with E-state index in [9.17, 15) is 0 Å². The Morgan fingerprint density at radius 2 is 1.70 bits per heavy atom. The molecule has 4 nitrogen and oxygen atoms in total. The topological polar surface area (TPSA) is 43.9 Å². The van der Waals surface area contributed by atoms with E-state index in [1.54, 1.807) is 0 Å². The second-order valence-electron chi connectivity index (χ2n) is 15.5. The minimum Gasteiger partial charge on any atom is -0.501 e. The molecular weight excluding hydrogens is 791 g/mol. The number of hydrogen-bond donors (Lipinski definition) is 0. The van der Waals surface area contributed by atoms with Crippen LogP contribution in [-0.2, 0) is 32.1 Å². The van der Waals surface area contributed by atoms with Crippen molar-refractivity contribution in [3.05, 3.63) is 126 Å². The van der Waals surface area contributed by atoms with Gasteiger partial charge in [0.15, 0.2) is 0 Å². The van der Waals surface area contributed by atoms with Crippen molar-refractivity contribution < 1.29 is 24.5 Å². The first-order valence-corrected chi connectivity index (χ1v) is 17.7. The van der Waals surface area contributed by atoms with Crippen LogP contribution >= 0.6 is 0 Å². The van der Waals surface area contributed by atoms with E-state index in [1.807, 2.05) is 42.6 Å². The zero-order chi connectivity index (χ0) is 33.8. The molecule has 1 aliphatic heterocycles. The summed E-state index contributed by atoms with van der Waals surface area (Å²) in [5, 5.41) is 2.25. The Kier molecular flexibility index (Phi) is 9.17. The van der Waals surface area contributed by atoms with Gasteiger partial charge in [0, 0.05) is 31.7 Å². The number of pyridine rings is 1. The molecule has 1 aliphatic carbocycles. The Bertz CT molecular complexity index is 2330. The van der Waals surface area contributed by atoms with Gasteiger partial charge >= 0.3 is 0 Å². The van der Waals surface area contributed by atoms with Gasteiger partial charge in [-0.15, -0.1) is 54.1 Å². The smallest absolute Gasteiger partial charge is 0.120 e. The van der Waals surface area contributed by atoms with Gasteiger partial charge < -0.3 is 14.0 Å². The van der Waals surface area contributed by atoms with Crippen molar-refractivity contribution in [2.45, 2.75) is 78.2 Å². The summed E-state index contributed by atoms with van der Waals surface area (Å²) in [6.45, 7) is 11.3. The number of hydrogen-bond acceptors (Lipinski definition) is 3. The van der Waals surface area contributed by atoms with E-state index in [-0.39, 0.29) is 31.1 Å². The number of allylic oxidation sites excluding steroid dienone is 1. The molecule has 1 radical (unpaired) electrons. The predicted octanol–water partition coefficient (Wildman–Crippen LogP) is 12.0. The van der Waals surface area contributed by atoms with Gasteiger partial charge in [-0.05, 0) is 85.5 Å². The quantitative estimate of drug-likeness (QED) is 0.166. The van der Waals surface area contributed by atoms with Crippen molar-refractivity contribution in [3.63, 3.8) is 0 Å². The van der Waals surface area contributed by atoms with Crippen molar-refractivity contribution in [2.24, 2.45) is 5.41 Å². The zero-order valence-electron chi connectivity index (χ0n) is 29.5. The third kappa shape index (κ3) is 6.50. The SMILES string of the molecule is CC(C)(C)Cc1ccnc(-c2[c-]ccc3c2oc2ccccc23)c1.CC1(C)C=Cc2cc(C3CCCC3)cc3nc(-c4[c-]cccc4)n1c23.[Ir]. The number of rotatable bonds is 4. The Morgan fingerprint density at radius 1 is 0.900 bits per heavy atom. The van der Waals surface area contributed by atoms with Gasteiger partial charge in [-0.2, -0.15) is 0 Å². The standard InChI is InChI=1S/C23H23N2.C22H20NO.Ir/c1-23(2)13-12-18-14-19(16-8-6-7-9-16)15-20-21(18)25(23)22(24-20)17-10-4-3-5-11-17;1-22(2,3)14-15-11-12-23-19(13-15)18-9-6-8-17-16-7-4-5-10-20(16)24-21(17)18;/h3-5,10,12-16H,6-9H2,1-2H3;4-8,10-13H,14H2,1-3H3;/q2*-1;. The molecule has 50 heavy (non-hydrogen) atoms. The van der Waals surface area contributed by atoms with E-state index in [4.69, 9.17) is 9.40 Å². The first-order valence-electron chi connectivity index (χ1n) is 17.7. The van der Waals surface area contributed by atoms with Crippen LogP contribution in [0.4, 0.5) is 0 Å². The molecule has 0 bridgehead atoms. The van der Waals surface area contributed by atoms with Gasteiger partial charge in [-0.25, -0.2) is 0 Å². The van der Waals surface area contributed by atoms with Crippen LogP contribution in [0.3, 0.4) is 0 Å². The van der Waals surface area contributed by atoms with Crippen LogP contribution < -0.4 is 0 Å². The molecular formula is C45H43IrN3O-2. The summed E-state index contributed by atoms with van der Waals surface area (Å²) >= 11 is 0. The maximum atomic E-state index is 6.11. The number of aromatic nitrogens is 3. The fourth-order valence-electron chi connectivity index (χ4n) is 7.74. The summed E-state index contributed by atoms with van der Waals surface area (Å²) in [5.74, 6) is 1.73. The molecule has 3 aromatic heterocycles. The molecule has 4 heterocycles. The van der Waals surface area contributed by atoms with Gasteiger partial charge in [0.05, 0.1) is 28.0 Å². The largest absolute Gasteiger partial charge is 0.501 e. The van der Waals surface area contributed by atoms with Crippen molar-refractivity contribution >= 4 is 39.0 Å². The predicted molar refractivity (Wildman–Crippen MR) is 203 cm³/mol. The Morgan fingerprint density at radius 3 is 2.48 bits per heavy atom. The molecule has 0 spiro atoms. The molecule has 7 aromatic rings. The summed E-state index contributed by atoms with van der Waals surface area (Å²) in [6.07, 6.45) is 12.9. The van der Waals surface area contributed by atoms with Gasteiger partial charge in [0.2, 0.25) is 0 Å². The van der Waals surface area contributed by atoms with E-state index in [2.05, 4.69) is 117 Å². The van der Waals surface area contributed by atoms with Crippen LogP contribution in [0.25, 0.3) is 61.7 Å². The van der Waals surface area contributed by atoms with Crippen molar-refractivity contribution in [2.75, 3.05) is 0 Å². The maximum Gasteiger partial charge on any atom is 0.120 e. The first kappa shape index (κ1) is 34.2. The van der Waals surface area contributed by atoms with Crippen molar-refractivity contribution in [1.82, 2.24) is 14.5 Å². The minimum atomic E-state index is -0.0877. The second-order valence-corrected chi connectivity index (χ2v) is 15.5. The summed E-state index contributed by atoms with van der Waals surface area (Å²) in [5.41, 5.74) is 11.3. The van der Waals surface area contributed by atoms with Crippen molar-refractivity contribution in [3.8, 4) is 22.6 Å². The van der Waals surface area contributed by atoms with Gasteiger partial charge in [0.1, 0.15) is 5.58 Å². The van der Waals surface area contributed by atoms with Crippen molar-refractivity contribution in [1.29, 1.82) is 0 Å². The molecule has 1 fully saturated rings. The Labute approximate surface area is 309 Å². The average Bonchev–Trinajstić information content (AvgIpc) is 3.85. The number of furan rings is 1. The van der Waals surface area contributed by atoms with E-state index < -0.39 is 0 Å².